The van der Waals surface area contributed by atoms with Crippen LogP contribution in [-0.4, -0.2) is 30.0 Å². The second-order valence-electron chi connectivity index (χ2n) is 2.72. The van der Waals surface area contributed by atoms with Crippen LogP contribution < -0.4 is 9.67 Å². The fourth-order valence-corrected chi connectivity index (χ4v) is 2.21. The molecule has 1 aromatic carbocycles. The SMILES string of the molecule is CC(=O)Nc1ccc(O)c([AsH](=O)O)c1. The third kappa shape index (κ3) is 2.65. The van der Waals surface area contributed by atoms with Crippen molar-refractivity contribution in [2.45, 2.75) is 6.92 Å². The Morgan fingerprint density at radius 2 is 2.14 bits per heavy atom. The molecule has 0 radical (unpaired) electrons. The third-order valence-corrected chi connectivity index (χ3v) is 3.35. The van der Waals surface area contributed by atoms with E-state index in [4.69, 9.17) is 4.10 Å². The van der Waals surface area contributed by atoms with Crippen LogP contribution in [0, 0.1) is 0 Å². The number of hydrogen-bond donors (Lipinski definition) is 3. The van der Waals surface area contributed by atoms with Gasteiger partial charge < -0.3 is 0 Å². The van der Waals surface area contributed by atoms with Crippen LogP contribution in [0.1, 0.15) is 6.92 Å². The molecule has 0 saturated heterocycles. The summed E-state index contributed by atoms with van der Waals surface area (Å²) in [5.74, 6) is -0.487. The standard InChI is InChI=1S/C8H10AsNO4/c1-5(11)10-6-2-3-8(12)7(4-6)9(13)14/h2-4,9,12H,1H3,(H,10,11)(H,13,14). The Morgan fingerprint density at radius 3 is 2.64 bits per heavy atom. The van der Waals surface area contributed by atoms with E-state index in [-0.39, 0.29) is 16.0 Å². The first kappa shape index (κ1) is 10.9. The van der Waals surface area contributed by atoms with Gasteiger partial charge in [-0.25, -0.2) is 0 Å². The van der Waals surface area contributed by atoms with Crippen LogP contribution in [0.15, 0.2) is 18.2 Å². The minimum atomic E-state index is -3.55. The third-order valence-electron chi connectivity index (χ3n) is 1.55. The molecule has 1 aromatic rings. The fourth-order valence-electron chi connectivity index (χ4n) is 0.988. The second kappa shape index (κ2) is 4.35. The first-order valence-corrected chi connectivity index (χ1v) is 6.69. The summed E-state index contributed by atoms with van der Waals surface area (Å²) in [6, 6.07) is 4.04. The monoisotopic (exact) mass is 259 g/mol. The van der Waals surface area contributed by atoms with E-state index in [1.165, 1.54) is 25.1 Å². The summed E-state index contributed by atoms with van der Waals surface area (Å²) in [7, 11) is 0. The van der Waals surface area contributed by atoms with Crippen LogP contribution in [0.5, 0.6) is 5.75 Å². The van der Waals surface area contributed by atoms with Crippen molar-refractivity contribution in [2.75, 3.05) is 5.32 Å². The molecule has 3 N–H and O–H groups in total. The van der Waals surface area contributed by atoms with Crippen molar-refractivity contribution < 1.29 is 17.7 Å². The van der Waals surface area contributed by atoms with Gasteiger partial charge in [-0.1, -0.05) is 0 Å². The molecule has 0 aliphatic carbocycles. The van der Waals surface area contributed by atoms with E-state index in [9.17, 15) is 13.6 Å². The molecule has 6 heteroatoms. The molecule has 0 bridgehead atoms. The van der Waals surface area contributed by atoms with E-state index in [0.29, 0.717) is 5.69 Å². The van der Waals surface area contributed by atoms with Gasteiger partial charge in [0.2, 0.25) is 0 Å². The Bertz CT molecular complexity index is 391. The molecule has 0 heterocycles. The normalized spacial score (nSPS) is 12.1. The molecule has 0 aliphatic rings. The average Bonchev–Trinajstić information content (AvgIpc) is 2.07. The van der Waals surface area contributed by atoms with Gasteiger partial charge in [0.15, 0.2) is 0 Å². The van der Waals surface area contributed by atoms with Crippen molar-refractivity contribution in [3.8, 4) is 5.75 Å². The summed E-state index contributed by atoms with van der Waals surface area (Å²) in [4.78, 5) is 10.7. The van der Waals surface area contributed by atoms with Crippen molar-refractivity contribution in [1.29, 1.82) is 0 Å². The molecule has 0 fully saturated rings. The van der Waals surface area contributed by atoms with Crippen LogP contribution in [0.4, 0.5) is 5.69 Å². The maximum absolute atomic E-state index is 10.8. The number of aromatic hydroxyl groups is 1. The van der Waals surface area contributed by atoms with Crippen LogP contribution in [0.3, 0.4) is 0 Å². The summed E-state index contributed by atoms with van der Waals surface area (Å²) in [5.41, 5.74) is 0.403. The predicted octanol–water partition coefficient (Wildman–Crippen LogP) is -0.799. The van der Waals surface area contributed by atoms with E-state index in [1.807, 2.05) is 0 Å². The summed E-state index contributed by atoms with van der Waals surface area (Å²) >= 11 is -3.55. The molecule has 0 aliphatic heterocycles. The van der Waals surface area contributed by atoms with E-state index in [2.05, 4.69) is 5.32 Å². The molecule has 14 heavy (non-hydrogen) atoms. The first-order valence-electron chi connectivity index (χ1n) is 3.84. The van der Waals surface area contributed by atoms with Crippen molar-refractivity contribution >= 4 is 30.9 Å². The molecule has 5 nitrogen and oxygen atoms in total. The van der Waals surface area contributed by atoms with Gasteiger partial charge in [0.1, 0.15) is 0 Å². The molecule has 0 spiro atoms. The van der Waals surface area contributed by atoms with Crippen LogP contribution in [0.2, 0.25) is 0 Å². The number of rotatable bonds is 2. The topological polar surface area (TPSA) is 86.6 Å². The number of phenols is 1. The quantitative estimate of drug-likeness (QED) is 0.479. The number of benzene rings is 1. The van der Waals surface area contributed by atoms with Gasteiger partial charge in [0.05, 0.1) is 0 Å². The first-order chi connectivity index (χ1) is 6.50. The van der Waals surface area contributed by atoms with E-state index in [0.717, 1.165) is 0 Å². The zero-order valence-electron chi connectivity index (χ0n) is 7.44. The van der Waals surface area contributed by atoms with Gasteiger partial charge in [-0.3, -0.25) is 0 Å². The zero-order valence-corrected chi connectivity index (χ0v) is 9.54. The number of amides is 1. The van der Waals surface area contributed by atoms with E-state index < -0.39 is 14.9 Å². The Morgan fingerprint density at radius 1 is 1.50 bits per heavy atom. The fraction of sp³-hybridized carbons (Fsp3) is 0.125. The number of carbonyl (C=O) groups excluding carboxylic acids is 1. The van der Waals surface area contributed by atoms with Gasteiger partial charge in [-0.15, -0.1) is 0 Å². The van der Waals surface area contributed by atoms with Gasteiger partial charge in [-0.05, 0) is 0 Å². The molecule has 1 amide bonds. The van der Waals surface area contributed by atoms with E-state index in [1.54, 1.807) is 0 Å². The van der Waals surface area contributed by atoms with Crippen molar-refractivity contribution in [1.82, 2.24) is 0 Å². The predicted molar refractivity (Wildman–Crippen MR) is 52.1 cm³/mol. The molecule has 1 unspecified atom stereocenters. The number of carbonyl (C=O) groups is 1. The van der Waals surface area contributed by atoms with Crippen molar-refractivity contribution in [2.24, 2.45) is 0 Å². The summed E-state index contributed by atoms with van der Waals surface area (Å²) in [5, 5.41) is 11.7. The Kier molecular flexibility index (Phi) is 3.38. The maximum atomic E-state index is 10.8. The molecule has 76 valence electrons. The van der Waals surface area contributed by atoms with Crippen LogP contribution in [-0.2, 0) is 8.53 Å². The van der Waals surface area contributed by atoms with Crippen molar-refractivity contribution in [3.63, 3.8) is 0 Å². The summed E-state index contributed by atoms with van der Waals surface area (Å²) in [6.45, 7) is 1.33. The van der Waals surface area contributed by atoms with Crippen LogP contribution in [0.25, 0.3) is 0 Å². The van der Waals surface area contributed by atoms with Gasteiger partial charge >= 0.3 is 84.8 Å². The van der Waals surface area contributed by atoms with Crippen molar-refractivity contribution in [3.05, 3.63) is 18.2 Å². The molecule has 0 saturated carbocycles. The zero-order chi connectivity index (χ0) is 10.7. The van der Waals surface area contributed by atoms with E-state index >= 15 is 0 Å². The summed E-state index contributed by atoms with van der Waals surface area (Å²) in [6.07, 6.45) is 0. The average molecular weight is 259 g/mol. The molecular weight excluding hydrogens is 249 g/mol. The number of nitrogens with one attached hydrogen (secondary N) is 1. The molecule has 1 rings (SSSR count). The van der Waals surface area contributed by atoms with Gasteiger partial charge in [-0.2, -0.15) is 0 Å². The molecule has 1 atom stereocenters. The Hall–Kier alpha value is -1.19. The number of phenolic OH excluding ortho intramolecular Hbond substituents is 1. The van der Waals surface area contributed by atoms with Crippen LogP contribution >= 0.6 is 0 Å². The Labute approximate surface area is 85.2 Å². The van der Waals surface area contributed by atoms with Gasteiger partial charge in [0.25, 0.3) is 0 Å². The number of anilines is 1. The molecular formula is C8H10AsNO4. The Balaban J connectivity index is 3.06. The number of hydrogen-bond acceptors (Lipinski definition) is 3. The van der Waals surface area contributed by atoms with Gasteiger partial charge in [0, 0.05) is 0 Å². The summed E-state index contributed by atoms with van der Waals surface area (Å²) < 4.78 is 19.7. The molecule has 0 aromatic heterocycles. The minimum absolute atomic E-state index is 0.0104. The second-order valence-corrected chi connectivity index (χ2v) is 5.13.